The van der Waals surface area contributed by atoms with E-state index in [-0.39, 0.29) is 5.13 Å². The Bertz CT molecular complexity index is 1090. The molecule has 30 heavy (non-hydrogen) atoms. The van der Waals surface area contributed by atoms with Gasteiger partial charge in [0, 0.05) is 17.0 Å². The molecule has 1 aromatic carbocycles. The molecule has 1 aliphatic heterocycles. The van der Waals surface area contributed by atoms with Crippen LogP contribution in [0.4, 0.5) is 18.3 Å². The molecule has 1 N–H and O–H groups in total. The molecule has 0 unspecified atom stereocenters. The summed E-state index contributed by atoms with van der Waals surface area (Å²) in [5, 5.41) is 8.04. The summed E-state index contributed by atoms with van der Waals surface area (Å²) in [5.41, 5.74) is -0.341. The van der Waals surface area contributed by atoms with Crippen LogP contribution >= 0.6 is 11.3 Å². The van der Waals surface area contributed by atoms with E-state index in [0.717, 1.165) is 27.8 Å². The van der Waals surface area contributed by atoms with Gasteiger partial charge in [-0.1, -0.05) is 0 Å². The second-order valence-corrected chi connectivity index (χ2v) is 7.65. The molecule has 0 aliphatic carbocycles. The molecule has 3 aromatic rings. The zero-order valence-electron chi connectivity index (χ0n) is 16.0. The highest BCUT2D eigenvalue weighted by molar-refractivity contribution is 7.14. The minimum atomic E-state index is -4.72. The zero-order valence-corrected chi connectivity index (χ0v) is 16.8. The number of nitrogens with zero attached hydrogens (tertiary/aromatic N) is 3. The van der Waals surface area contributed by atoms with Gasteiger partial charge in [0.25, 0.3) is 5.91 Å². The first-order chi connectivity index (χ1) is 14.2. The lowest BCUT2D eigenvalue weighted by Crippen LogP contribution is -2.22. The van der Waals surface area contributed by atoms with Crippen LogP contribution in [0.25, 0.3) is 11.3 Å². The van der Waals surface area contributed by atoms with Crippen molar-refractivity contribution in [3.05, 3.63) is 41.0 Å². The number of alkyl halides is 3. The lowest BCUT2D eigenvalue weighted by atomic mass is 10.1. The molecule has 7 nitrogen and oxygen atoms in total. The molecule has 158 valence electrons. The smallest absolute Gasteiger partial charge is 0.433 e. The van der Waals surface area contributed by atoms with Crippen molar-refractivity contribution in [3.8, 4) is 22.8 Å². The third-order valence-corrected chi connectivity index (χ3v) is 5.12. The summed E-state index contributed by atoms with van der Waals surface area (Å²) in [6.07, 6.45) is -3.79. The largest absolute Gasteiger partial charge is 0.486 e. The number of thiazole rings is 1. The van der Waals surface area contributed by atoms with E-state index >= 15 is 0 Å². The summed E-state index contributed by atoms with van der Waals surface area (Å²) in [5.74, 6) is 0.307. The van der Waals surface area contributed by atoms with E-state index in [9.17, 15) is 18.0 Å². The second kappa shape index (κ2) is 7.63. The van der Waals surface area contributed by atoms with Gasteiger partial charge in [-0.3, -0.25) is 14.8 Å². The Morgan fingerprint density at radius 2 is 1.97 bits per heavy atom. The van der Waals surface area contributed by atoms with Crippen molar-refractivity contribution in [1.29, 1.82) is 0 Å². The summed E-state index contributed by atoms with van der Waals surface area (Å²) in [7, 11) is 0. The number of aromatic nitrogens is 3. The molecule has 3 heterocycles. The van der Waals surface area contributed by atoms with Crippen LogP contribution in [-0.2, 0) is 6.18 Å². The van der Waals surface area contributed by atoms with Gasteiger partial charge in [-0.25, -0.2) is 4.98 Å². The number of benzene rings is 1. The number of ether oxygens (including phenoxy) is 2. The monoisotopic (exact) mass is 438 g/mol. The van der Waals surface area contributed by atoms with Gasteiger partial charge < -0.3 is 9.47 Å². The van der Waals surface area contributed by atoms with Crippen molar-refractivity contribution in [3.63, 3.8) is 0 Å². The van der Waals surface area contributed by atoms with Gasteiger partial charge in [0.2, 0.25) is 0 Å². The Morgan fingerprint density at radius 3 is 2.67 bits per heavy atom. The van der Waals surface area contributed by atoms with Gasteiger partial charge in [0.15, 0.2) is 22.3 Å². The van der Waals surface area contributed by atoms with Gasteiger partial charge in [-0.05, 0) is 32.0 Å². The molecule has 11 heteroatoms. The zero-order chi connectivity index (χ0) is 21.5. The van der Waals surface area contributed by atoms with E-state index in [2.05, 4.69) is 15.4 Å². The lowest BCUT2D eigenvalue weighted by Gasteiger charge is -2.18. The first-order valence-electron chi connectivity index (χ1n) is 9.05. The van der Waals surface area contributed by atoms with Crippen molar-refractivity contribution in [2.45, 2.75) is 26.1 Å². The van der Waals surface area contributed by atoms with E-state index in [1.165, 1.54) is 0 Å². The van der Waals surface area contributed by atoms with Crippen LogP contribution in [0.1, 0.15) is 35.9 Å². The fraction of sp³-hybridized carbons (Fsp3) is 0.316. The maximum Gasteiger partial charge on any atom is 0.433 e. The first kappa shape index (κ1) is 20.2. The van der Waals surface area contributed by atoms with Gasteiger partial charge in [0.05, 0.1) is 17.5 Å². The fourth-order valence-electron chi connectivity index (χ4n) is 3.03. The minimum absolute atomic E-state index is 0.176. The van der Waals surface area contributed by atoms with Crippen LogP contribution in [0.15, 0.2) is 29.8 Å². The van der Waals surface area contributed by atoms with Gasteiger partial charge in [0.1, 0.15) is 13.2 Å². The third-order valence-electron chi connectivity index (χ3n) is 4.36. The quantitative estimate of drug-likeness (QED) is 0.643. The maximum atomic E-state index is 13.5. The van der Waals surface area contributed by atoms with E-state index in [4.69, 9.17) is 9.47 Å². The fourth-order valence-corrected chi connectivity index (χ4v) is 3.75. The van der Waals surface area contributed by atoms with Crippen LogP contribution in [0.2, 0.25) is 0 Å². The molecule has 1 aliphatic rings. The summed E-state index contributed by atoms with van der Waals surface area (Å²) in [4.78, 5) is 16.8. The SMILES string of the molecule is CC(C)n1ncc(C(=O)Nc2nc(-c3ccc4c(c3)OCCO4)cs2)c1C(F)(F)F. The first-order valence-corrected chi connectivity index (χ1v) is 9.93. The molecule has 0 saturated carbocycles. The standard InChI is InChI=1S/C19H17F3N4O3S/c1-10(2)26-16(19(20,21)22)12(8-23-26)17(27)25-18-24-13(9-30-18)11-3-4-14-15(7-11)29-6-5-28-14/h3-4,7-10H,5-6H2,1-2H3,(H,24,25,27). The molecule has 1 amide bonds. The highest BCUT2D eigenvalue weighted by Crippen LogP contribution is 2.36. The molecule has 4 rings (SSSR count). The molecule has 2 aromatic heterocycles. The molecule has 0 bridgehead atoms. The normalized spacial score (nSPS) is 13.5. The van der Waals surface area contributed by atoms with Crippen molar-refractivity contribution >= 4 is 22.4 Å². The van der Waals surface area contributed by atoms with Crippen LogP contribution in [-0.4, -0.2) is 33.9 Å². The Morgan fingerprint density at radius 1 is 1.23 bits per heavy atom. The summed E-state index contributed by atoms with van der Waals surface area (Å²) >= 11 is 1.11. The van der Waals surface area contributed by atoms with E-state index in [1.807, 2.05) is 0 Å². The molecular formula is C19H17F3N4O3S. The number of carbonyl (C=O) groups excluding carboxylic acids is 1. The number of fused-ring (bicyclic) bond motifs is 1. The molecule has 0 fully saturated rings. The number of hydrogen-bond acceptors (Lipinski definition) is 6. The lowest BCUT2D eigenvalue weighted by molar-refractivity contribution is -0.145. The minimum Gasteiger partial charge on any atom is -0.486 e. The maximum absolute atomic E-state index is 13.5. The highest BCUT2D eigenvalue weighted by Gasteiger charge is 2.40. The topological polar surface area (TPSA) is 78.3 Å². The van der Waals surface area contributed by atoms with Crippen molar-refractivity contribution in [2.24, 2.45) is 0 Å². The van der Waals surface area contributed by atoms with Gasteiger partial charge in [-0.15, -0.1) is 11.3 Å². The van der Waals surface area contributed by atoms with E-state index in [1.54, 1.807) is 37.4 Å². The Balaban J connectivity index is 1.57. The predicted molar refractivity (Wildman–Crippen MR) is 104 cm³/mol. The van der Waals surface area contributed by atoms with Gasteiger partial charge in [-0.2, -0.15) is 18.3 Å². The second-order valence-electron chi connectivity index (χ2n) is 6.79. The van der Waals surface area contributed by atoms with Crippen molar-refractivity contribution in [1.82, 2.24) is 14.8 Å². The summed E-state index contributed by atoms with van der Waals surface area (Å²) in [6, 6.07) is 4.77. The molecule has 0 atom stereocenters. The van der Waals surface area contributed by atoms with Crippen molar-refractivity contribution in [2.75, 3.05) is 18.5 Å². The average molecular weight is 438 g/mol. The van der Waals surface area contributed by atoms with E-state index < -0.39 is 29.4 Å². The number of amides is 1. The average Bonchev–Trinajstić information content (AvgIpc) is 3.34. The number of nitrogens with one attached hydrogen (secondary N) is 1. The number of rotatable bonds is 4. The number of carbonyl (C=O) groups is 1. The van der Waals surface area contributed by atoms with Crippen LogP contribution in [0.5, 0.6) is 11.5 Å². The predicted octanol–water partition coefficient (Wildman–Crippen LogP) is 4.63. The van der Waals surface area contributed by atoms with Gasteiger partial charge >= 0.3 is 6.18 Å². The Labute approximate surface area is 173 Å². The van der Waals surface area contributed by atoms with E-state index in [0.29, 0.717) is 30.4 Å². The molecular weight excluding hydrogens is 421 g/mol. The number of hydrogen-bond donors (Lipinski definition) is 1. The third kappa shape index (κ3) is 3.84. The number of anilines is 1. The highest BCUT2D eigenvalue weighted by atomic mass is 32.1. The van der Waals surface area contributed by atoms with Crippen LogP contribution < -0.4 is 14.8 Å². The number of halogens is 3. The van der Waals surface area contributed by atoms with Crippen molar-refractivity contribution < 1.29 is 27.4 Å². The van der Waals surface area contributed by atoms with Crippen LogP contribution in [0, 0.1) is 0 Å². The summed E-state index contributed by atoms with van der Waals surface area (Å²) in [6.45, 7) is 4.04. The Kier molecular flexibility index (Phi) is 5.14. The molecule has 0 radical (unpaired) electrons. The molecule has 0 saturated heterocycles. The summed E-state index contributed by atoms with van der Waals surface area (Å²) < 4.78 is 52.3. The molecule has 0 spiro atoms. The Hall–Kier alpha value is -3.08. The van der Waals surface area contributed by atoms with Crippen LogP contribution in [0.3, 0.4) is 0 Å².